The van der Waals surface area contributed by atoms with Gasteiger partial charge >= 0.3 is 0 Å². The van der Waals surface area contributed by atoms with Crippen LogP contribution < -0.4 is 5.32 Å². The van der Waals surface area contributed by atoms with Crippen LogP contribution in [0, 0.1) is 5.92 Å². The number of rotatable bonds is 7. The summed E-state index contributed by atoms with van der Waals surface area (Å²) in [7, 11) is -3.16. The zero-order chi connectivity index (χ0) is 16.2. The highest BCUT2D eigenvalue weighted by Gasteiger charge is 2.41. The Labute approximate surface area is 127 Å². The van der Waals surface area contributed by atoms with Crippen LogP contribution in [0.15, 0.2) is 0 Å². The zero-order valence-electron chi connectivity index (χ0n) is 13.3. The van der Waals surface area contributed by atoms with Crippen molar-refractivity contribution in [3.8, 4) is 0 Å². The van der Waals surface area contributed by atoms with Crippen LogP contribution in [0.5, 0.6) is 0 Å². The summed E-state index contributed by atoms with van der Waals surface area (Å²) in [6.45, 7) is 7.35. The van der Waals surface area contributed by atoms with Gasteiger partial charge in [-0.05, 0) is 12.3 Å². The number of nitrogens with zero attached hydrogens (tertiary/aromatic N) is 1. The molecule has 0 spiro atoms. The van der Waals surface area contributed by atoms with Gasteiger partial charge < -0.3 is 10.2 Å². The Kier molecular flexibility index (Phi) is 6.19. The van der Waals surface area contributed by atoms with Crippen LogP contribution >= 0.6 is 0 Å². The van der Waals surface area contributed by atoms with Gasteiger partial charge in [-0.1, -0.05) is 34.1 Å². The van der Waals surface area contributed by atoms with Gasteiger partial charge in [-0.25, -0.2) is 8.42 Å². The predicted octanol–water partition coefficient (Wildman–Crippen LogP) is 0.573. The number of hydrogen-bond donors (Lipinski definition) is 1. The predicted molar refractivity (Wildman–Crippen MR) is 81.5 cm³/mol. The summed E-state index contributed by atoms with van der Waals surface area (Å²) in [5.74, 6) is -0.409. The van der Waals surface area contributed by atoms with E-state index in [0.29, 0.717) is 6.42 Å². The van der Waals surface area contributed by atoms with Gasteiger partial charge in [0.05, 0.1) is 5.75 Å². The first-order valence-electron chi connectivity index (χ1n) is 7.54. The Hall–Kier alpha value is -1.11. The third-order valence-corrected chi connectivity index (χ3v) is 5.52. The van der Waals surface area contributed by atoms with Crippen molar-refractivity contribution < 1.29 is 18.0 Å². The summed E-state index contributed by atoms with van der Waals surface area (Å²) in [4.78, 5) is 26.2. The lowest BCUT2D eigenvalue weighted by molar-refractivity contribution is -0.150. The van der Waals surface area contributed by atoms with E-state index in [2.05, 4.69) is 5.32 Å². The highest BCUT2D eigenvalue weighted by atomic mass is 32.2. The average Bonchev–Trinajstić information content (AvgIpc) is 2.41. The minimum absolute atomic E-state index is 0.0192. The fourth-order valence-electron chi connectivity index (χ4n) is 2.44. The van der Waals surface area contributed by atoms with E-state index in [0.717, 1.165) is 6.42 Å². The second-order valence-electron chi connectivity index (χ2n) is 5.80. The van der Waals surface area contributed by atoms with E-state index in [1.807, 2.05) is 20.8 Å². The Morgan fingerprint density at radius 3 is 2.33 bits per heavy atom. The Morgan fingerprint density at radius 2 is 1.86 bits per heavy atom. The summed E-state index contributed by atoms with van der Waals surface area (Å²) in [6, 6.07) is -1.11. The van der Waals surface area contributed by atoms with Crippen LogP contribution in [-0.2, 0) is 19.4 Å². The van der Waals surface area contributed by atoms with Crippen LogP contribution in [-0.4, -0.2) is 55.3 Å². The first-order chi connectivity index (χ1) is 9.73. The number of carbonyl (C=O) groups excluding carboxylic acids is 2. The normalized spacial score (nSPS) is 23.6. The van der Waals surface area contributed by atoms with E-state index in [-0.39, 0.29) is 35.8 Å². The molecule has 21 heavy (non-hydrogen) atoms. The molecule has 122 valence electrons. The minimum atomic E-state index is -3.16. The molecular formula is C14H26N2O4S. The number of nitrogens with one attached hydrogen (secondary N) is 1. The van der Waals surface area contributed by atoms with Crippen molar-refractivity contribution in [2.45, 2.75) is 52.6 Å². The number of sulfone groups is 1. The maximum atomic E-state index is 12.5. The molecule has 2 unspecified atom stereocenters. The van der Waals surface area contributed by atoms with Crippen molar-refractivity contribution in [2.75, 3.05) is 18.1 Å². The monoisotopic (exact) mass is 318 g/mol. The van der Waals surface area contributed by atoms with E-state index >= 15 is 0 Å². The van der Waals surface area contributed by atoms with Crippen LogP contribution in [0.4, 0.5) is 0 Å². The number of piperazine rings is 1. The van der Waals surface area contributed by atoms with Gasteiger partial charge in [0.25, 0.3) is 0 Å². The minimum Gasteiger partial charge on any atom is -0.342 e. The molecule has 2 atom stereocenters. The van der Waals surface area contributed by atoms with E-state index in [1.165, 1.54) is 4.90 Å². The molecule has 1 N–H and O–H groups in total. The molecule has 0 saturated carbocycles. The van der Waals surface area contributed by atoms with Crippen LogP contribution in [0.3, 0.4) is 0 Å². The van der Waals surface area contributed by atoms with Crippen LogP contribution in [0.25, 0.3) is 0 Å². The summed E-state index contributed by atoms with van der Waals surface area (Å²) in [5, 5.41) is 2.76. The number of amides is 2. The Morgan fingerprint density at radius 1 is 1.24 bits per heavy atom. The van der Waals surface area contributed by atoms with Crippen LogP contribution in [0.2, 0.25) is 0 Å². The van der Waals surface area contributed by atoms with E-state index in [9.17, 15) is 18.0 Å². The van der Waals surface area contributed by atoms with Crippen molar-refractivity contribution >= 4 is 21.7 Å². The molecule has 1 rings (SSSR count). The lowest BCUT2D eigenvalue weighted by atomic mass is 9.96. The van der Waals surface area contributed by atoms with E-state index in [1.54, 1.807) is 6.92 Å². The molecule has 2 amide bonds. The molecular weight excluding hydrogens is 292 g/mol. The molecule has 1 heterocycles. The summed E-state index contributed by atoms with van der Waals surface area (Å²) < 4.78 is 23.3. The smallest absolute Gasteiger partial charge is 0.246 e. The lowest BCUT2D eigenvalue weighted by Crippen LogP contribution is -2.65. The maximum Gasteiger partial charge on any atom is 0.246 e. The molecule has 0 bridgehead atoms. The summed E-state index contributed by atoms with van der Waals surface area (Å²) in [5.41, 5.74) is 0. The van der Waals surface area contributed by atoms with Crippen molar-refractivity contribution in [1.29, 1.82) is 0 Å². The van der Waals surface area contributed by atoms with Gasteiger partial charge in [0.2, 0.25) is 11.8 Å². The fourth-order valence-corrected chi connectivity index (χ4v) is 3.21. The van der Waals surface area contributed by atoms with Gasteiger partial charge in [0.1, 0.15) is 12.1 Å². The Balaban J connectivity index is 2.94. The lowest BCUT2D eigenvalue weighted by Gasteiger charge is -2.40. The SMILES string of the molecule is CCCC1C(=O)NC(C(C)C)C(=O)N1CCS(=O)(=O)CC. The highest BCUT2D eigenvalue weighted by Crippen LogP contribution is 2.18. The largest absolute Gasteiger partial charge is 0.342 e. The molecule has 0 aliphatic carbocycles. The molecule has 1 aliphatic rings. The van der Waals surface area contributed by atoms with Gasteiger partial charge in [-0.3, -0.25) is 9.59 Å². The molecule has 0 aromatic rings. The van der Waals surface area contributed by atoms with Crippen molar-refractivity contribution in [1.82, 2.24) is 10.2 Å². The molecule has 0 radical (unpaired) electrons. The second kappa shape index (κ2) is 7.24. The molecule has 1 fully saturated rings. The first kappa shape index (κ1) is 17.9. The van der Waals surface area contributed by atoms with Crippen molar-refractivity contribution in [3.05, 3.63) is 0 Å². The Bertz CT molecular complexity index is 487. The number of hydrogen-bond acceptors (Lipinski definition) is 4. The maximum absolute atomic E-state index is 12.5. The van der Waals surface area contributed by atoms with E-state index < -0.39 is 21.9 Å². The zero-order valence-corrected chi connectivity index (χ0v) is 14.1. The van der Waals surface area contributed by atoms with Gasteiger partial charge in [-0.15, -0.1) is 0 Å². The summed E-state index contributed by atoms with van der Waals surface area (Å²) in [6.07, 6.45) is 1.31. The molecule has 1 aliphatic heterocycles. The third kappa shape index (κ3) is 4.43. The van der Waals surface area contributed by atoms with Gasteiger partial charge in [-0.2, -0.15) is 0 Å². The topological polar surface area (TPSA) is 83.6 Å². The summed E-state index contributed by atoms with van der Waals surface area (Å²) >= 11 is 0. The molecule has 1 saturated heterocycles. The highest BCUT2D eigenvalue weighted by molar-refractivity contribution is 7.91. The fraction of sp³-hybridized carbons (Fsp3) is 0.857. The molecule has 0 aromatic heterocycles. The van der Waals surface area contributed by atoms with E-state index in [4.69, 9.17) is 0 Å². The van der Waals surface area contributed by atoms with Crippen LogP contribution in [0.1, 0.15) is 40.5 Å². The van der Waals surface area contributed by atoms with Crippen molar-refractivity contribution in [3.63, 3.8) is 0 Å². The first-order valence-corrected chi connectivity index (χ1v) is 9.36. The molecule has 7 heteroatoms. The third-order valence-electron chi connectivity index (χ3n) is 3.84. The standard InChI is InChI=1S/C14H26N2O4S/c1-5-7-11-13(17)15-12(10(3)4)14(18)16(11)8-9-21(19,20)6-2/h10-12H,5-9H2,1-4H3,(H,15,17). The van der Waals surface area contributed by atoms with Gasteiger partial charge in [0, 0.05) is 12.3 Å². The molecule has 6 nitrogen and oxygen atoms in total. The molecule has 0 aromatic carbocycles. The number of carbonyl (C=O) groups is 2. The quantitative estimate of drug-likeness (QED) is 0.744. The van der Waals surface area contributed by atoms with Crippen molar-refractivity contribution in [2.24, 2.45) is 5.92 Å². The second-order valence-corrected chi connectivity index (χ2v) is 8.28. The average molecular weight is 318 g/mol. The van der Waals surface area contributed by atoms with Gasteiger partial charge in [0.15, 0.2) is 9.84 Å².